The first-order chi connectivity index (χ1) is 9.30. The number of hydrogen-bond donors (Lipinski definition) is 1. The van der Waals surface area contributed by atoms with Gasteiger partial charge < -0.3 is 14.5 Å². The van der Waals surface area contributed by atoms with Crippen LogP contribution >= 0.6 is 11.8 Å². The van der Waals surface area contributed by atoms with Crippen LogP contribution in [0, 0.1) is 0 Å². The first-order valence-corrected chi connectivity index (χ1v) is 8.34. The van der Waals surface area contributed by atoms with E-state index in [0.29, 0.717) is 6.04 Å². The molecule has 1 N–H and O–H groups in total. The van der Waals surface area contributed by atoms with Crippen LogP contribution in [0.3, 0.4) is 0 Å². The van der Waals surface area contributed by atoms with Gasteiger partial charge in [-0.25, -0.2) is 4.98 Å². The molecule has 2 atom stereocenters. The third-order valence-electron chi connectivity index (χ3n) is 4.05. The summed E-state index contributed by atoms with van der Waals surface area (Å²) in [6.07, 6.45) is 6.16. The molecule has 0 aromatic carbocycles. The Labute approximate surface area is 118 Å². The molecule has 0 bridgehead atoms. The third kappa shape index (κ3) is 3.15. The Morgan fingerprint density at radius 3 is 3.26 bits per heavy atom. The van der Waals surface area contributed by atoms with E-state index < -0.39 is 0 Å². The second-order valence-electron chi connectivity index (χ2n) is 5.48. The molecule has 2 saturated heterocycles. The Balaban J connectivity index is 1.52. The molecule has 2 fully saturated rings. The maximum atomic E-state index is 6.03. The van der Waals surface area contributed by atoms with E-state index in [4.69, 9.17) is 9.15 Å². The summed E-state index contributed by atoms with van der Waals surface area (Å²) in [6.45, 7) is 3.69. The summed E-state index contributed by atoms with van der Waals surface area (Å²) in [5, 5.41) is 3.58. The molecule has 5 heteroatoms. The predicted octanol–water partition coefficient (Wildman–Crippen LogP) is 2.38. The number of aromatic nitrogens is 1. The van der Waals surface area contributed by atoms with Crippen molar-refractivity contribution in [3.8, 4) is 0 Å². The van der Waals surface area contributed by atoms with Gasteiger partial charge in [-0.15, -0.1) is 0 Å². The zero-order chi connectivity index (χ0) is 13.1. The van der Waals surface area contributed by atoms with Crippen LogP contribution in [0.1, 0.15) is 37.8 Å². The highest BCUT2D eigenvalue weighted by Crippen LogP contribution is 2.38. The van der Waals surface area contributed by atoms with E-state index in [0.717, 1.165) is 49.8 Å². The topological polar surface area (TPSA) is 47.3 Å². The predicted molar refractivity (Wildman–Crippen MR) is 76.4 cm³/mol. The van der Waals surface area contributed by atoms with Gasteiger partial charge in [-0.3, -0.25) is 0 Å². The number of rotatable bonds is 4. The Morgan fingerprint density at radius 2 is 2.53 bits per heavy atom. The van der Waals surface area contributed by atoms with E-state index in [1.54, 1.807) is 0 Å². The second-order valence-corrected chi connectivity index (χ2v) is 6.58. The molecule has 1 spiro atoms. The van der Waals surface area contributed by atoms with Crippen LogP contribution in [-0.2, 0) is 17.7 Å². The van der Waals surface area contributed by atoms with Gasteiger partial charge in [0.15, 0.2) is 0 Å². The number of ether oxygens (including phenoxy) is 1. The molecule has 4 nitrogen and oxygen atoms in total. The number of oxazole rings is 1. The largest absolute Gasteiger partial charge is 0.444 e. The quantitative estimate of drug-likeness (QED) is 0.919. The van der Waals surface area contributed by atoms with Gasteiger partial charge in [0.1, 0.15) is 5.76 Å². The van der Waals surface area contributed by atoms with Crippen LogP contribution in [0.5, 0.6) is 0 Å². The molecule has 2 aliphatic heterocycles. The van der Waals surface area contributed by atoms with E-state index >= 15 is 0 Å². The van der Waals surface area contributed by atoms with Crippen LogP contribution in [0.15, 0.2) is 10.6 Å². The van der Waals surface area contributed by atoms with Crippen molar-refractivity contribution in [2.24, 2.45) is 0 Å². The standard InChI is InChI=1S/C14H22N2O2S/c1-2-12-8-16-13(18-12)9-15-11-3-5-17-14(7-11)4-6-19-10-14/h8,11,15H,2-7,9-10H2,1H3. The molecule has 0 aliphatic carbocycles. The van der Waals surface area contributed by atoms with Gasteiger partial charge in [0.2, 0.25) is 5.89 Å². The summed E-state index contributed by atoms with van der Waals surface area (Å²) in [5.41, 5.74) is 0.145. The number of nitrogens with zero attached hydrogens (tertiary/aromatic N) is 1. The minimum atomic E-state index is 0.145. The molecule has 0 amide bonds. The second kappa shape index (κ2) is 5.85. The Hall–Kier alpha value is -0.520. The normalized spacial score (nSPS) is 31.1. The third-order valence-corrected chi connectivity index (χ3v) is 5.27. The van der Waals surface area contributed by atoms with Gasteiger partial charge >= 0.3 is 0 Å². The van der Waals surface area contributed by atoms with E-state index in [2.05, 4.69) is 17.2 Å². The molecular weight excluding hydrogens is 260 g/mol. The molecule has 106 valence electrons. The molecule has 3 heterocycles. The summed E-state index contributed by atoms with van der Waals surface area (Å²) in [4.78, 5) is 4.30. The van der Waals surface area contributed by atoms with Crippen molar-refractivity contribution >= 4 is 11.8 Å². The Kier molecular flexibility index (Phi) is 4.15. The fourth-order valence-electron chi connectivity index (χ4n) is 2.89. The minimum Gasteiger partial charge on any atom is -0.444 e. The molecule has 1 aromatic rings. The van der Waals surface area contributed by atoms with Gasteiger partial charge in [-0.2, -0.15) is 11.8 Å². The fourth-order valence-corrected chi connectivity index (χ4v) is 4.27. The van der Waals surface area contributed by atoms with Crippen molar-refractivity contribution in [1.82, 2.24) is 10.3 Å². The van der Waals surface area contributed by atoms with Gasteiger partial charge in [0.25, 0.3) is 0 Å². The Morgan fingerprint density at radius 1 is 1.58 bits per heavy atom. The number of hydrogen-bond acceptors (Lipinski definition) is 5. The van der Waals surface area contributed by atoms with Crippen molar-refractivity contribution in [3.63, 3.8) is 0 Å². The zero-order valence-corrected chi connectivity index (χ0v) is 12.3. The van der Waals surface area contributed by atoms with Crippen molar-refractivity contribution in [1.29, 1.82) is 0 Å². The molecule has 1 aromatic heterocycles. The first-order valence-electron chi connectivity index (χ1n) is 7.18. The van der Waals surface area contributed by atoms with Crippen molar-refractivity contribution in [3.05, 3.63) is 17.8 Å². The molecule has 2 aliphatic rings. The van der Waals surface area contributed by atoms with E-state index in [1.165, 1.54) is 12.2 Å². The number of thioether (sulfide) groups is 1. The summed E-state index contributed by atoms with van der Waals surface area (Å²) < 4.78 is 11.7. The Bertz CT molecular complexity index is 415. The van der Waals surface area contributed by atoms with Gasteiger partial charge in [0.05, 0.1) is 18.3 Å². The van der Waals surface area contributed by atoms with Crippen molar-refractivity contribution in [2.75, 3.05) is 18.1 Å². The summed E-state index contributed by atoms with van der Waals surface area (Å²) in [5.74, 6) is 4.17. The monoisotopic (exact) mass is 282 g/mol. The average molecular weight is 282 g/mol. The van der Waals surface area contributed by atoms with Crippen LogP contribution in [0.25, 0.3) is 0 Å². The smallest absolute Gasteiger partial charge is 0.208 e. The number of aryl methyl sites for hydroxylation is 1. The molecule has 0 radical (unpaired) electrons. The lowest BCUT2D eigenvalue weighted by atomic mass is 9.90. The summed E-state index contributed by atoms with van der Waals surface area (Å²) in [7, 11) is 0. The summed E-state index contributed by atoms with van der Waals surface area (Å²) >= 11 is 2.02. The lowest BCUT2D eigenvalue weighted by molar-refractivity contribution is -0.0705. The first kappa shape index (κ1) is 13.5. The van der Waals surface area contributed by atoms with Gasteiger partial charge in [-0.05, 0) is 25.0 Å². The van der Waals surface area contributed by atoms with Crippen LogP contribution in [0.4, 0.5) is 0 Å². The van der Waals surface area contributed by atoms with Crippen LogP contribution in [0.2, 0.25) is 0 Å². The van der Waals surface area contributed by atoms with E-state index in [1.807, 2.05) is 18.0 Å². The van der Waals surface area contributed by atoms with E-state index in [-0.39, 0.29) is 5.60 Å². The maximum Gasteiger partial charge on any atom is 0.208 e. The zero-order valence-electron chi connectivity index (χ0n) is 11.5. The highest BCUT2D eigenvalue weighted by atomic mass is 32.2. The summed E-state index contributed by atoms with van der Waals surface area (Å²) in [6, 6.07) is 0.532. The minimum absolute atomic E-state index is 0.145. The van der Waals surface area contributed by atoms with Crippen LogP contribution in [-0.4, -0.2) is 34.7 Å². The highest BCUT2D eigenvalue weighted by molar-refractivity contribution is 7.99. The van der Waals surface area contributed by atoms with Crippen LogP contribution < -0.4 is 5.32 Å². The van der Waals surface area contributed by atoms with E-state index in [9.17, 15) is 0 Å². The molecule has 3 rings (SSSR count). The van der Waals surface area contributed by atoms with Crippen molar-refractivity contribution < 1.29 is 9.15 Å². The maximum absolute atomic E-state index is 6.03. The lowest BCUT2D eigenvalue weighted by Crippen LogP contribution is -2.47. The van der Waals surface area contributed by atoms with Gasteiger partial charge in [0, 0.05) is 24.8 Å². The highest BCUT2D eigenvalue weighted by Gasteiger charge is 2.40. The molecule has 19 heavy (non-hydrogen) atoms. The van der Waals surface area contributed by atoms with Crippen molar-refractivity contribution in [2.45, 2.75) is 50.8 Å². The number of nitrogens with one attached hydrogen (secondary N) is 1. The molecule has 0 saturated carbocycles. The van der Waals surface area contributed by atoms with Gasteiger partial charge in [-0.1, -0.05) is 6.92 Å². The molecular formula is C14H22N2O2S. The fraction of sp³-hybridized carbons (Fsp3) is 0.786. The molecule has 2 unspecified atom stereocenters. The average Bonchev–Trinajstić information content (AvgIpc) is 3.06. The lowest BCUT2D eigenvalue weighted by Gasteiger charge is -2.38. The SMILES string of the molecule is CCc1cnc(CNC2CCOC3(CCSC3)C2)o1.